The third-order valence-corrected chi connectivity index (χ3v) is 3.84. The lowest BCUT2D eigenvalue weighted by atomic mass is 10.0. The van der Waals surface area contributed by atoms with E-state index in [1.54, 1.807) is 6.20 Å². The number of aromatic nitrogens is 1. The molecule has 1 atom stereocenters. The number of nitrogens with zero attached hydrogens (tertiary/aromatic N) is 1. The summed E-state index contributed by atoms with van der Waals surface area (Å²) in [5.74, 6) is -0.219. The molecule has 2 rings (SSSR count). The van der Waals surface area contributed by atoms with Crippen LogP contribution in [0.4, 0.5) is 10.1 Å². The zero-order valence-corrected chi connectivity index (χ0v) is 13.1. The van der Waals surface area contributed by atoms with Gasteiger partial charge in [0.25, 0.3) is 0 Å². The number of pyridine rings is 1. The van der Waals surface area contributed by atoms with Crippen LogP contribution in [0.2, 0.25) is 5.15 Å². The molecular formula is C17H20ClFN2. The van der Waals surface area contributed by atoms with Crippen molar-refractivity contribution in [3.8, 4) is 0 Å². The monoisotopic (exact) mass is 306 g/mol. The summed E-state index contributed by atoms with van der Waals surface area (Å²) in [7, 11) is 0. The Kier molecular flexibility index (Phi) is 5.57. The van der Waals surface area contributed by atoms with Crippen molar-refractivity contribution in [1.82, 2.24) is 4.98 Å². The average Bonchev–Trinajstić information content (AvgIpc) is 2.47. The number of nitrogens with one attached hydrogen (secondary N) is 1. The lowest BCUT2D eigenvalue weighted by Gasteiger charge is -2.22. The van der Waals surface area contributed by atoms with Gasteiger partial charge in [0, 0.05) is 6.20 Å². The summed E-state index contributed by atoms with van der Waals surface area (Å²) in [6.45, 7) is 4.15. The topological polar surface area (TPSA) is 24.9 Å². The third-order valence-electron chi connectivity index (χ3n) is 3.55. The first-order valence-electron chi connectivity index (χ1n) is 7.25. The molecule has 0 saturated carbocycles. The zero-order chi connectivity index (χ0) is 15.2. The van der Waals surface area contributed by atoms with Crippen LogP contribution < -0.4 is 5.32 Å². The summed E-state index contributed by atoms with van der Waals surface area (Å²) in [5.41, 5.74) is 2.97. The van der Waals surface area contributed by atoms with Gasteiger partial charge in [0.1, 0.15) is 5.82 Å². The van der Waals surface area contributed by atoms with E-state index in [2.05, 4.69) is 17.2 Å². The minimum absolute atomic E-state index is 0.103. The smallest absolute Gasteiger partial charge is 0.152 e. The number of rotatable bonds is 6. The lowest BCUT2D eigenvalue weighted by molar-refractivity contribution is 0.616. The fourth-order valence-electron chi connectivity index (χ4n) is 2.30. The Morgan fingerprint density at radius 1 is 1.24 bits per heavy atom. The highest BCUT2D eigenvalue weighted by molar-refractivity contribution is 6.32. The Morgan fingerprint density at radius 2 is 1.95 bits per heavy atom. The standard InChI is InChI=1S/C17H20ClFN2/c1-3-4-5-15(13-6-8-14(19)9-7-13)21-16-12(2)10-11-20-17(16)18/h6-11,15,21H,3-5H2,1-2H3. The Bertz CT molecular complexity index is 564. The minimum Gasteiger partial charge on any atom is -0.376 e. The maximum absolute atomic E-state index is 13.1. The van der Waals surface area contributed by atoms with E-state index in [0.717, 1.165) is 36.1 Å². The van der Waals surface area contributed by atoms with Crippen molar-refractivity contribution in [2.24, 2.45) is 0 Å². The van der Waals surface area contributed by atoms with E-state index in [-0.39, 0.29) is 11.9 Å². The molecule has 4 heteroatoms. The highest BCUT2D eigenvalue weighted by Gasteiger charge is 2.14. The normalized spacial score (nSPS) is 12.2. The van der Waals surface area contributed by atoms with E-state index in [9.17, 15) is 4.39 Å². The van der Waals surface area contributed by atoms with Crippen molar-refractivity contribution < 1.29 is 4.39 Å². The Labute approximate surface area is 130 Å². The number of hydrogen-bond donors (Lipinski definition) is 1. The van der Waals surface area contributed by atoms with Gasteiger partial charge in [-0.25, -0.2) is 9.37 Å². The maximum Gasteiger partial charge on any atom is 0.152 e. The quantitative estimate of drug-likeness (QED) is 0.710. The van der Waals surface area contributed by atoms with Gasteiger partial charge in [-0.15, -0.1) is 0 Å². The molecular weight excluding hydrogens is 287 g/mol. The number of aryl methyl sites for hydroxylation is 1. The molecule has 21 heavy (non-hydrogen) atoms. The summed E-state index contributed by atoms with van der Waals surface area (Å²) < 4.78 is 13.1. The molecule has 112 valence electrons. The average molecular weight is 307 g/mol. The Morgan fingerprint density at radius 3 is 2.57 bits per heavy atom. The molecule has 0 radical (unpaired) electrons. The predicted octanol–water partition coefficient (Wildman–Crippen LogP) is 5.53. The van der Waals surface area contributed by atoms with Gasteiger partial charge in [-0.2, -0.15) is 0 Å². The van der Waals surface area contributed by atoms with Crippen LogP contribution in [-0.4, -0.2) is 4.98 Å². The molecule has 1 unspecified atom stereocenters. The van der Waals surface area contributed by atoms with E-state index in [4.69, 9.17) is 11.6 Å². The highest BCUT2D eigenvalue weighted by atomic mass is 35.5. The van der Waals surface area contributed by atoms with Crippen LogP contribution in [0.15, 0.2) is 36.5 Å². The molecule has 0 amide bonds. The van der Waals surface area contributed by atoms with Crippen LogP contribution in [0.25, 0.3) is 0 Å². The van der Waals surface area contributed by atoms with E-state index in [1.807, 2.05) is 25.1 Å². The van der Waals surface area contributed by atoms with Crippen molar-refractivity contribution in [2.75, 3.05) is 5.32 Å². The molecule has 0 aliphatic heterocycles. The summed E-state index contributed by atoms with van der Waals surface area (Å²) in [6, 6.07) is 8.66. The van der Waals surface area contributed by atoms with Crippen molar-refractivity contribution in [1.29, 1.82) is 0 Å². The SMILES string of the molecule is CCCCC(Nc1c(C)ccnc1Cl)c1ccc(F)cc1. The zero-order valence-electron chi connectivity index (χ0n) is 12.4. The number of anilines is 1. The molecule has 0 bridgehead atoms. The van der Waals surface area contributed by atoms with Crippen LogP contribution in [-0.2, 0) is 0 Å². The minimum atomic E-state index is -0.219. The van der Waals surface area contributed by atoms with Gasteiger partial charge in [0.2, 0.25) is 0 Å². The van der Waals surface area contributed by atoms with Crippen molar-refractivity contribution >= 4 is 17.3 Å². The first kappa shape index (κ1) is 15.8. The van der Waals surface area contributed by atoms with Crippen LogP contribution in [0.1, 0.15) is 43.4 Å². The molecule has 0 saturated heterocycles. The predicted molar refractivity (Wildman–Crippen MR) is 86.3 cm³/mol. The van der Waals surface area contributed by atoms with Gasteiger partial charge < -0.3 is 5.32 Å². The van der Waals surface area contributed by atoms with Gasteiger partial charge in [-0.3, -0.25) is 0 Å². The fraction of sp³-hybridized carbons (Fsp3) is 0.353. The molecule has 0 fully saturated rings. The molecule has 1 aromatic heterocycles. The van der Waals surface area contributed by atoms with Gasteiger partial charge in [-0.05, 0) is 42.7 Å². The summed E-state index contributed by atoms with van der Waals surface area (Å²) in [5, 5.41) is 3.94. The largest absolute Gasteiger partial charge is 0.376 e. The molecule has 1 heterocycles. The van der Waals surface area contributed by atoms with Crippen LogP contribution in [0.3, 0.4) is 0 Å². The molecule has 0 aliphatic rings. The van der Waals surface area contributed by atoms with E-state index in [1.165, 1.54) is 12.1 Å². The van der Waals surface area contributed by atoms with Gasteiger partial charge in [0.15, 0.2) is 5.15 Å². The molecule has 2 nitrogen and oxygen atoms in total. The number of benzene rings is 1. The van der Waals surface area contributed by atoms with Crippen LogP contribution >= 0.6 is 11.6 Å². The van der Waals surface area contributed by atoms with Crippen molar-refractivity contribution in [3.05, 3.63) is 58.6 Å². The lowest BCUT2D eigenvalue weighted by Crippen LogP contribution is -2.12. The number of hydrogen-bond acceptors (Lipinski definition) is 2. The molecule has 0 aliphatic carbocycles. The maximum atomic E-state index is 13.1. The summed E-state index contributed by atoms with van der Waals surface area (Å²) >= 11 is 6.19. The van der Waals surface area contributed by atoms with Crippen LogP contribution in [0.5, 0.6) is 0 Å². The first-order valence-corrected chi connectivity index (χ1v) is 7.62. The second-order valence-corrected chi connectivity index (χ2v) is 5.54. The summed E-state index contributed by atoms with van der Waals surface area (Å²) in [6.07, 6.45) is 4.86. The van der Waals surface area contributed by atoms with E-state index in [0.29, 0.717) is 5.15 Å². The third kappa shape index (κ3) is 4.18. The van der Waals surface area contributed by atoms with E-state index < -0.39 is 0 Å². The molecule has 1 aromatic carbocycles. The molecule has 0 spiro atoms. The Balaban J connectivity index is 2.26. The second-order valence-electron chi connectivity index (χ2n) is 5.18. The number of halogens is 2. The first-order chi connectivity index (χ1) is 10.1. The highest BCUT2D eigenvalue weighted by Crippen LogP contribution is 2.30. The number of unbranched alkanes of at least 4 members (excludes halogenated alkanes) is 1. The molecule has 1 N–H and O–H groups in total. The Hall–Kier alpha value is -1.61. The van der Waals surface area contributed by atoms with Gasteiger partial charge in [-0.1, -0.05) is 43.5 Å². The summed E-state index contributed by atoms with van der Waals surface area (Å²) in [4.78, 5) is 4.12. The second kappa shape index (κ2) is 7.41. The van der Waals surface area contributed by atoms with Crippen molar-refractivity contribution in [2.45, 2.75) is 39.2 Å². The fourth-order valence-corrected chi connectivity index (χ4v) is 2.56. The van der Waals surface area contributed by atoms with Gasteiger partial charge in [0.05, 0.1) is 11.7 Å². The van der Waals surface area contributed by atoms with Crippen LogP contribution in [0, 0.1) is 12.7 Å². The molecule has 2 aromatic rings. The van der Waals surface area contributed by atoms with E-state index >= 15 is 0 Å². The van der Waals surface area contributed by atoms with Crippen molar-refractivity contribution in [3.63, 3.8) is 0 Å². The van der Waals surface area contributed by atoms with Gasteiger partial charge >= 0.3 is 0 Å².